The van der Waals surface area contributed by atoms with E-state index in [4.69, 9.17) is 0 Å². The summed E-state index contributed by atoms with van der Waals surface area (Å²) in [6, 6.07) is 5.00. The summed E-state index contributed by atoms with van der Waals surface area (Å²) in [5, 5.41) is 0. The molecule has 70 valence electrons. The summed E-state index contributed by atoms with van der Waals surface area (Å²) in [6.07, 6.45) is 0. The van der Waals surface area contributed by atoms with Gasteiger partial charge < -0.3 is 0 Å². The lowest BCUT2D eigenvalue weighted by atomic mass is 10.1. The monoisotopic (exact) mass is 178 g/mol. The summed E-state index contributed by atoms with van der Waals surface area (Å²) >= 11 is 0. The Bertz CT molecular complexity index is 316. The second-order valence-electron chi connectivity index (χ2n) is 2.34. The molecule has 0 nitrogen and oxygen atoms in total. The van der Waals surface area contributed by atoms with Crippen LogP contribution in [0.2, 0.25) is 0 Å². The van der Waals surface area contributed by atoms with Crippen LogP contribution in [0.1, 0.15) is 31.9 Å². The Morgan fingerprint density at radius 2 is 1.85 bits per heavy atom. The van der Waals surface area contributed by atoms with Crippen LogP contribution in [-0.2, 0) is 0 Å². The smallest absolute Gasteiger partial charge is 0.127 e. The molecule has 0 saturated carbocycles. The van der Waals surface area contributed by atoms with Gasteiger partial charge in [0.25, 0.3) is 0 Å². The van der Waals surface area contributed by atoms with Gasteiger partial charge in [-0.15, -0.1) is 5.92 Å². The number of halogens is 1. The molecule has 1 heteroatoms. The first kappa shape index (κ1) is 11.7. The van der Waals surface area contributed by atoms with E-state index in [1.54, 1.807) is 19.9 Å². The summed E-state index contributed by atoms with van der Waals surface area (Å²) < 4.78 is 12.8. The third-order valence-electron chi connectivity index (χ3n) is 1.44. The SMILES string of the molecule is CC.CC#Cc1ccc(C)c(F)c1. The van der Waals surface area contributed by atoms with Gasteiger partial charge in [0.1, 0.15) is 5.82 Å². The molecule has 0 aliphatic heterocycles. The highest BCUT2D eigenvalue weighted by atomic mass is 19.1. The van der Waals surface area contributed by atoms with Crippen LogP contribution in [0.25, 0.3) is 0 Å². The van der Waals surface area contributed by atoms with Crippen LogP contribution in [0.3, 0.4) is 0 Å². The Kier molecular flexibility index (Phi) is 5.63. The van der Waals surface area contributed by atoms with Crippen LogP contribution in [0.15, 0.2) is 18.2 Å². The van der Waals surface area contributed by atoms with E-state index in [9.17, 15) is 4.39 Å². The lowest BCUT2D eigenvalue weighted by Crippen LogP contribution is -1.82. The molecule has 0 heterocycles. The van der Waals surface area contributed by atoms with Crippen molar-refractivity contribution in [3.63, 3.8) is 0 Å². The largest absolute Gasteiger partial charge is 0.207 e. The van der Waals surface area contributed by atoms with Gasteiger partial charge in [-0.1, -0.05) is 25.8 Å². The Balaban J connectivity index is 0.000000671. The van der Waals surface area contributed by atoms with Crippen LogP contribution in [0, 0.1) is 24.6 Å². The van der Waals surface area contributed by atoms with Crippen LogP contribution in [0.4, 0.5) is 4.39 Å². The van der Waals surface area contributed by atoms with Gasteiger partial charge in [0.05, 0.1) is 0 Å². The third kappa shape index (κ3) is 3.75. The van der Waals surface area contributed by atoms with Crippen molar-refractivity contribution < 1.29 is 4.39 Å². The molecule has 0 aromatic heterocycles. The number of rotatable bonds is 0. The predicted octanol–water partition coefficient (Wildman–Crippen LogP) is 3.53. The van der Waals surface area contributed by atoms with E-state index in [2.05, 4.69) is 11.8 Å². The second kappa shape index (κ2) is 6.25. The van der Waals surface area contributed by atoms with Gasteiger partial charge in [-0.2, -0.15) is 0 Å². The van der Waals surface area contributed by atoms with Crippen LogP contribution in [0.5, 0.6) is 0 Å². The van der Waals surface area contributed by atoms with Crippen molar-refractivity contribution in [2.75, 3.05) is 0 Å². The molecular formula is C12H15F. The molecule has 0 amide bonds. The quantitative estimate of drug-likeness (QED) is 0.533. The zero-order valence-electron chi connectivity index (χ0n) is 8.61. The summed E-state index contributed by atoms with van der Waals surface area (Å²) in [5.74, 6) is 5.31. The fraction of sp³-hybridized carbons (Fsp3) is 0.333. The molecule has 0 aliphatic rings. The van der Waals surface area contributed by atoms with Crippen LogP contribution < -0.4 is 0 Å². The molecule has 1 rings (SSSR count). The summed E-state index contributed by atoms with van der Waals surface area (Å²) in [7, 11) is 0. The molecule has 0 saturated heterocycles. The van der Waals surface area contributed by atoms with Crippen molar-refractivity contribution in [1.82, 2.24) is 0 Å². The topological polar surface area (TPSA) is 0 Å². The number of aryl methyl sites for hydroxylation is 1. The fourth-order valence-electron chi connectivity index (χ4n) is 0.815. The van der Waals surface area contributed by atoms with Gasteiger partial charge in [0.15, 0.2) is 0 Å². The number of benzene rings is 1. The second-order valence-corrected chi connectivity index (χ2v) is 2.34. The van der Waals surface area contributed by atoms with Crippen molar-refractivity contribution in [2.45, 2.75) is 27.7 Å². The highest BCUT2D eigenvalue weighted by Crippen LogP contribution is 2.07. The lowest BCUT2D eigenvalue weighted by molar-refractivity contribution is 0.618. The molecule has 0 radical (unpaired) electrons. The van der Waals surface area contributed by atoms with Gasteiger partial charge in [0, 0.05) is 5.56 Å². The Labute approximate surface area is 79.8 Å². The van der Waals surface area contributed by atoms with Crippen LogP contribution in [-0.4, -0.2) is 0 Å². The minimum absolute atomic E-state index is 0.190. The van der Waals surface area contributed by atoms with Crippen molar-refractivity contribution in [3.8, 4) is 11.8 Å². The van der Waals surface area contributed by atoms with E-state index in [0.29, 0.717) is 5.56 Å². The lowest BCUT2D eigenvalue weighted by Gasteiger charge is -1.94. The van der Waals surface area contributed by atoms with Gasteiger partial charge >= 0.3 is 0 Å². The van der Waals surface area contributed by atoms with Gasteiger partial charge in [-0.3, -0.25) is 0 Å². The minimum Gasteiger partial charge on any atom is -0.207 e. The summed E-state index contributed by atoms with van der Waals surface area (Å²) in [5.41, 5.74) is 1.39. The zero-order valence-corrected chi connectivity index (χ0v) is 8.61. The van der Waals surface area contributed by atoms with Crippen molar-refractivity contribution in [3.05, 3.63) is 35.1 Å². The standard InChI is InChI=1S/C10H9F.C2H6/c1-3-4-9-6-5-8(2)10(11)7-9;1-2/h5-7H,1-2H3;1-2H3. The minimum atomic E-state index is -0.190. The molecule has 0 N–H and O–H groups in total. The normalized spacial score (nSPS) is 7.77. The average molecular weight is 178 g/mol. The molecule has 0 unspecified atom stereocenters. The van der Waals surface area contributed by atoms with Crippen molar-refractivity contribution in [1.29, 1.82) is 0 Å². The molecule has 13 heavy (non-hydrogen) atoms. The first-order valence-corrected chi connectivity index (χ1v) is 4.43. The molecule has 1 aromatic rings. The summed E-state index contributed by atoms with van der Waals surface area (Å²) in [6.45, 7) is 7.47. The van der Waals surface area contributed by atoms with Gasteiger partial charge in [-0.05, 0) is 31.5 Å². The zero-order chi connectivity index (χ0) is 10.3. The van der Waals surface area contributed by atoms with Gasteiger partial charge in [0.2, 0.25) is 0 Å². The van der Waals surface area contributed by atoms with Crippen LogP contribution >= 0.6 is 0 Å². The van der Waals surface area contributed by atoms with E-state index >= 15 is 0 Å². The van der Waals surface area contributed by atoms with E-state index in [1.807, 2.05) is 19.9 Å². The third-order valence-corrected chi connectivity index (χ3v) is 1.44. The number of hydrogen-bond donors (Lipinski definition) is 0. The maximum Gasteiger partial charge on any atom is 0.127 e. The highest BCUT2D eigenvalue weighted by Gasteiger charge is 1.95. The van der Waals surface area contributed by atoms with Crippen molar-refractivity contribution in [2.24, 2.45) is 0 Å². The Hall–Kier alpha value is -1.29. The molecule has 0 bridgehead atoms. The maximum absolute atomic E-state index is 12.8. The Morgan fingerprint density at radius 3 is 2.31 bits per heavy atom. The maximum atomic E-state index is 12.8. The van der Waals surface area contributed by atoms with Gasteiger partial charge in [-0.25, -0.2) is 4.39 Å². The van der Waals surface area contributed by atoms with E-state index < -0.39 is 0 Å². The molecule has 0 fully saturated rings. The Morgan fingerprint density at radius 1 is 1.23 bits per heavy atom. The van der Waals surface area contributed by atoms with E-state index in [0.717, 1.165) is 5.56 Å². The fourth-order valence-corrected chi connectivity index (χ4v) is 0.815. The van der Waals surface area contributed by atoms with E-state index in [-0.39, 0.29) is 5.82 Å². The first-order valence-electron chi connectivity index (χ1n) is 4.43. The molecule has 0 spiro atoms. The number of hydrogen-bond acceptors (Lipinski definition) is 0. The summed E-state index contributed by atoms with van der Waals surface area (Å²) in [4.78, 5) is 0. The van der Waals surface area contributed by atoms with E-state index in [1.165, 1.54) is 6.07 Å². The molecule has 1 aromatic carbocycles. The van der Waals surface area contributed by atoms with Crippen molar-refractivity contribution >= 4 is 0 Å². The molecule has 0 aliphatic carbocycles. The first-order chi connectivity index (χ1) is 6.24. The highest BCUT2D eigenvalue weighted by molar-refractivity contribution is 5.36. The molecule has 0 atom stereocenters. The molecular weight excluding hydrogens is 163 g/mol. The predicted molar refractivity (Wildman–Crippen MR) is 55.0 cm³/mol. The average Bonchev–Trinajstić information content (AvgIpc) is 2.15.